The lowest BCUT2D eigenvalue weighted by atomic mass is 9.81. The van der Waals surface area contributed by atoms with Crippen LogP contribution in [0.1, 0.15) is 84.8 Å². The second-order valence-corrected chi connectivity index (χ2v) is 11.4. The number of rotatable bonds is 15. The van der Waals surface area contributed by atoms with Crippen LogP contribution in [-0.2, 0) is 16.6 Å². The number of ether oxygens (including phenoxy) is 1. The van der Waals surface area contributed by atoms with Gasteiger partial charge in [0, 0.05) is 12.6 Å². The molecule has 33 heavy (non-hydrogen) atoms. The molecular weight excluding hydrogens is 432 g/mol. The molecular formula is C27H48N2O3S. The summed E-state index contributed by atoms with van der Waals surface area (Å²) < 4.78 is 6.07. The summed E-state index contributed by atoms with van der Waals surface area (Å²) in [6.07, 6.45) is 5.84. The second kappa shape index (κ2) is 14.9. The molecule has 0 radical (unpaired) electrons. The summed E-state index contributed by atoms with van der Waals surface area (Å²) in [5.41, 5.74) is 8.96. The molecule has 3 atom stereocenters. The fourth-order valence-corrected chi connectivity index (χ4v) is 4.21. The normalized spacial score (nSPS) is 14.7. The first kappa shape index (κ1) is 29.8. The highest BCUT2D eigenvalue weighted by atomic mass is 32.2. The number of thioether (sulfide) groups is 1. The number of nitrogens with one attached hydrogen (secondary N) is 1. The van der Waals surface area contributed by atoms with Crippen molar-refractivity contribution >= 4 is 17.7 Å². The highest BCUT2D eigenvalue weighted by Gasteiger charge is 2.23. The van der Waals surface area contributed by atoms with Crippen LogP contribution >= 0.6 is 11.8 Å². The molecule has 190 valence electrons. The van der Waals surface area contributed by atoms with Crippen molar-refractivity contribution in [2.24, 2.45) is 17.6 Å². The standard InChI is InChI=1S/C27H48N2O3S/c1-8-9-14-29-26(31)24(30)13-11-22(28)17-21(19(2)3)15-20-10-12-23(27(4,5)6)25(16-20)32-18-33-7/h10,12,16,19,21-22,24,30H,8-9,11,13-15,17-18,28H2,1-7H3,(H,29,31)/t21-,22-,24-/m0/s1. The predicted octanol–water partition coefficient (Wildman–Crippen LogP) is 5.27. The Morgan fingerprint density at radius 3 is 2.52 bits per heavy atom. The van der Waals surface area contributed by atoms with Gasteiger partial charge in [0.2, 0.25) is 5.91 Å². The molecule has 0 spiro atoms. The third kappa shape index (κ3) is 11.2. The van der Waals surface area contributed by atoms with Gasteiger partial charge in [0.1, 0.15) is 17.8 Å². The summed E-state index contributed by atoms with van der Waals surface area (Å²) >= 11 is 1.68. The lowest BCUT2D eigenvalue weighted by Gasteiger charge is -2.27. The average molecular weight is 481 g/mol. The van der Waals surface area contributed by atoms with Gasteiger partial charge in [-0.05, 0) is 72.8 Å². The molecule has 0 aliphatic heterocycles. The number of carbonyl (C=O) groups excluding carboxylic acids is 1. The number of hydrogen-bond donors (Lipinski definition) is 3. The zero-order valence-electron chi connectivity index (χ0n) is 21.9. The Balaban J connectivity index is 2.75. The fourth-order valence-electron chi connectivity index (χ4n) is 3.97. The van der Waals surface area contributed by atoms with Crippen LogP contribution in [-0.4, -0.2) is 41.9 Å². The van der Waals surface area contributed by atoms with Crippen LogP contribution in [0.2, 0.25) is 0 Å². The Labute approximate surface area is 206 Å². The van der Waals surface area contributed by atoms with Crippen LogP contribution in [0.15, 0.2) is 18.2 Å². The van der Waals surface area contributed by atoms with Crippen molar-refractivity contribution in [3.63, 3.8) is 0 Å². The van der Waals surface area contributed by atoms with Crippen LogP contribution in [0.25, 0.3) is 0 Å². The Morgan fingerprint density at radius 1 is 1.24 bits per heavy atom. The van der Waals surface area contributed by atoms with E-state index in [1.54, 1.807) is 11.8 Å². The monoisotopic (exact) mass is 480 g/mol. The molecule has 4 N–H and O–H groups in total. The van der Waals surface area contributed by atoms with E-state index in [9.17, 15) is 9.90 Å². The largest absolute Gasteiger partial charge is 0.483 e. The molecule has 6 heteroatoms. The highest BCUT2D eigenvalue weighted by molar-refractivity contribution is 7.98. The Morgan fingerprint density at radius 2 is 1.94 bits per heavy atom. The van der Waals surface area contributed by atoms with Crippen molar-refractivity contribution in [2.45, 2.75) is 97.6 Å². The smallest absolute Gasteiger partial charge is 0.248 e. The van der Waals surface area contributed by atoms with E-state index in [1.165, 1.54) is 11.1 Å². The number of hydrogen-bond acceptors (Lipinski definition) is 5. The van der Waals surface area contributed by atoms with Gasteiger partial charge in [0.05, 0.1) is 0 Å². The lowest BCUT2D eigenvalue weighted by Crippen LogP contribution is -2.36. The summed E-state index contributed by atoms with van der Waals surface area (Å²) in [6, 6.07) is 6.58. The number of nitrogens with two attached hydrogens (primary N) is 1. The van der Waals surface area contributed by atoms with Crippen molar-refractivity contribution in [2.75, 3.05) is 18.7 Å². The quantitative estimate of drug-likeness (QED) is 0.235. The maximum absolute atomic E-state index is 12.0. The third-order valence-electron chi connectivity index (χ3n) is 6.18. The van der Waals surface area contributed by atoms with Gasteiger partial charge < -0.3 is 20.9 Å². The topological polar surface area (TPSA) is 84.6 Å². The van der Waals surface area contributed by atoms with Crippen LogP contribution in [0.5, 0.6) is 5.75 Å². The predicted molar refractivity (Wildman–Crippen MR) is 142 cm³/mol. The molecule has 1 aromatic carbocycles. The van der Waals surface area contributed by atoms with Crippen LogP contribution in [0.4, 0.5) is 0 Å². The van der Waals surface area contributed by atoms with E-state index in [0.29, 0.717) is 37.2 Å². The Kier molecular flexibility index (Phi) is 13.5. The second-order valence-electron chi connectivity index (χ2n) is 10.6. The van der Waals surface area contributed by atoms with E-state index in [0.717, 1.165) is 31.4 Å². The number of aliphatic hydroxyl groups is 1. The van der Waals surface area contributed by atoms with E-state index in [1.807, 2.05) is 6.26 Å². The molecule has 0 saturated carbocycles. The zero-order valence-corrected chi connectivity index (χ0v) is 22.8. The Hall–Kier alpha value is -1.24. The van der Waals surface area contributed by atoms with E-state index < -0.39 is 6.10 Å². The summed E-state index contributed by atoms with van der Waals surface area (Å²) in [7, 11) is 0. The minimum Gasteiger partial charge on any atom is -0.483 e. The number of amides is 1. The number of carbonyl (C=O) groups is 1. The van der Waals surface area contributed by atoms with Crippen molar-refractivity contribution in [1.82, 2.24) is 5.32 Å². The number of unbranched alkanes of at least 4 members (excludes halogenated alkanes) is 1. The third-order valence-corrected chi connectivity index (χ3v) is 6.53. The summed E-state index contributed by atoms with van der Waals surface area (Å²) in [5, 5.41) is 12.9. The van der Waals surface area contributed by atoms with Gasteiger partial charge in [-0.3, -0.25) is 4.79 Å². The van der Waals surface area contributed by atoms with E-state index >= 15 is 0 Å². The van der Waals surface area contributed by atoms with Gasteiger partial charge in [-0.25, -0.2) is 0 Å². The summed E-state index contributed by atoms with van der Waals surface area (Å²) in [5.74, 6) is 2.23. The SMILES string of the molecule is CCCCNC(=O)[C@@H](O)CC[C@H](N)C[C@H](Cc1ccc(C(C)(C)C)c(OCSC)c1)C(C)C. The van der Waals surface area contributed by atoms with Crippen LogP contribution < -0.4 is 15.8 Å². The van der Waals surface area contributed by atoms with Crippen molar-refractivity contribution < 1.29 is 14.6 Å². The molecule has 0 saturated heterocycles. The van der Waals surface area contributed by atoms with Gasteiger partial charge in [0.15, 0.2) is 0 Å². The van der Waals surface area contributed by atoms with E-state index in [4.69, 9.17) is 10.5 Å². The molecule has 1 aromatic rings. The zero-order chi connectivity index (χ0) is 25.0. The van der Waals surface area contributed by atoms with E-state index in [2.05, 4.69) is 65.1 Å². The minimum absolute atomic E-state index is 0.0236. The van der Waals surface area contributed by atoms with Crippen LogP contribution in [0.3, 0.4) is 0 Å². The molecule has 5 nitrogen and oxygen atoms in total. The van der Waals surface area contributed by atoms with Crippen molar-refractivity contribution in [3.05, 3.63) is 29.3 Å². The molecule has 0 aromatic heterocycles. The first-order chi connectivity index (χ1) is 15.5. The Bertz CT molecular complexity index is 703. The fraction of sp³-hybridized carbons (Fsp3) is 0.741. The van der Waals surface area contributed by atoms with Gasteiger partial charge in [-0.1, -0.05) is 60.1 Å². The molecule has 0 heterocycles. The highest BCUT2D eigenvalue weighted by Crippen LogP contribution is 2.34. The molecule has 0 unspecified atom stereocenters. The minimum atomic E-state index is -0.980. The van der Waals surface area contributed by atoms with Gasteiger partial charge in [-0.2, -0.15) is 0 Å². The lowest BCUT2D eigenvalue weighted by molar-refractivity contribution is -0.129. The molecule has 0 bridgehead atoms. The van der Waals surface area contributed by atoms with Crippen molar-refractivity contribution in [1.29, 1.82) is 0 Å². The van der Waals surface area contributed by atoms with Gasteiger partial charge in [-0.15, -0.1) is 11.8 Å². The molecule has 1 rings (SSSR count). The molecule has 0 aliphatic rings. The summed E-state index contributed by atoms with van der Waals surface area (Å²) in [4.78, 5) is 12.0. The number of aliphatic hydroxyl groups excluding tert-OH is 1. The maximum Gasteiger partial charge on any atom is 0.248 e. The number of benzene rings is 1. The molecule has 0 fully saturated rings. The molecule has 0 aliphatic carbocycles. The first-order valence-corrected chi connectivity index (χ1v) is 13.8. The average Bonchev–Trinajstić information content (AvgIpc) is 2.74. The maximum atomic E-state index is 12.0. The van der Waals surface area contributed by atoms with Crippen LogP contribution in [0, 0.1) is 11.8 Å². The van der Waals surface area contributed by atoms with Crippen molar-refractivity contribution in [3.8, 4) is 5.75 Å². The van der Waals surface area contributed by atoms with Gasteiger partial charge >= 0.3 is 0 Å². The molecule has 1 amide bonds. The van der Waals surface area contributed by atoms with Gasteiger partial charge in [0.25, 0.3) is 0 Å². The summed E-state index contributed by atoms with van der Waals surface area (Å²) in [6.45, 7) is 13.8. The van der Waals surface area contributed by atoms with E-state index in [-0.39, 0.29) is 17.4 Å². The first-order valence-electron chi connectivity index (χ1n) is 12.5.